The van der Waals surface area contributed by atoms with Crippen LogP contribution in [0.25, 0.3) is 16.7 Å². The first-order valence-corrected chi connectivity index (χ1v) is 5.66. The summed E-state index contributed by atoms with van der Waals surface area (Å²) in [6, 6.07) is 11.3. The summed E-state index contributed by atoms with van der Waals surface area (Å²) < 4.78 is 7.13. The molecule has 0 aliphatic heterocycles. The zero-order valence-corrected chi connectivity index (χ0v) is 10.0. The van der Waals surface area contributed by atoms with E-state index in [4.69, 9.17) is 21.9 Å². The molecule has 86 valence electrons. The van der Waals surface area contributed by atoms with Gasteiger partial charge in [0.2, 0.25) is 0 Å². The topological polar surface area (TPSA) is 54.8 Å². The molecule has 0 amide bonds. The SMILES string of the molecule is N#Cc1cccn1-c1ccc2oc(=S)ncc2c1. The lowest BCUT2D eigenvalue weighted by Gasteiger charge is -2.05. The van der Waals surface area contributed by atoms with Gasteiger partial charge < -0.3 is 8.98 Å². The van der Waals surface area contributed by atoms with Crippen LogP contribution in [-0.2, 0) is 0 Å². The Morgan fingerprint density at radius 1 is 1.33 bits per heavy atom. The van der Waals surface area contributed by atoms with Gasteiger partial charge in [-0.1, -0.05) is 0 Å². The number of fused-ring (bicyclic) bond motifs is 1. The summed E-state index contributed by atoms with van der Waals surface area (Å²) >= 11 is 4.87. The van der Waals surface area contributed by atoms with Gasteiger partial charge in [-0.05, 0) is 42.5 Å². The molecule has 0 unspecified atom stereocenters. The molecular formula is C13H7N3OS. The van der Waals surface area contributed by atoms with Gasteiger partial charge in [-0.25, -0.2) is 4.98 Å². The summed E-state index contributed by atoms with van der Waals surface area (Å²) in [5.74, 6) is 0. The highest BCUT2D eigenvalue weighted by Crippen LogP contribution is 2.19. The minimum absolute atomic E-state index is 0.217. The largest absolute Gasteiger partial charge is 0.430 e. The van der Waals surface area contributed by atoms with Crippen LogP contribution in [0, 0.1) is 16.2 Å². The molecule has 0 fully saturated rings. The van der Waals surface area contributed by atoms with Gasteiger partial charge in [0.1, 0.15) is 17.3 Å². The number of nitrogens with zero attached hydrogens (tertiary/aromatic N) is 3. The van der Waals surface area contributed by atoms with Gasteiger partial charge in [-0.3, -0.25) is 0 Å². The van der Waals surface area contributed by atoms with Crippen molar-refractivity contribution in [3.63, 3.8) is 0 Å². The van der Waals surface area contributed by atoms with Crippen molar-refractivity contribution < 1.29 is 4.42 Å². The lowest BCUT2D eigenvalue weighted by molar-refractivity contribution is 0.560. The van der Waals surface area contributed by atoms with Crippen LogP contribution in [-0.4, -0.2) is 9.55 Å². The molecule has 0 spiro atoms. The molecule has 3 aromatic rings. The second-order valence-electron chi connectivity index (χ2n) is 3.72. The van der Waals surface area contributed by atoms with Crippen molar-refractivity contribution in [3.8, 4) is 11.8 Å². The minimum atomic E-state index is 0.217. The van der Waals surface area contributed by atoms with Crippen LogP contribution in [0.2, 0.25) is 0 Å². The molecule has 1 aromatic carbocycles. The molecule has 0 radical (unpaired) electrons. The van der Waals surface area contributed by atoms with Gasteiger partial charge in [-0.15, -0.1) is 0 Å². The predicted molar refractivity (Wildman–Crippen MR) is 68.9 cm³/mol. The average molecular weight is 253 g/mol. The molecule has 4 nitrogen and oxygen atoms in total. The summed E-state index contributed by atoms with van der Waals surface area (Å²) in [6.07, 6.45) is 3.51. The highest BCUT2D eigenvalue weighted by molar-refractivity contribution is 7.71. The number of hydrogen-bond acceptors (Lipinski definition) is 4. The van der Waals surface area contributed by atoms with E-state index in [1.165, 1.54) is 0 Å². The zero-order valence-electron chi connectivity index (χ0n) is 9.20. The zero-order chi connectivity index (χ0) is 12.5. The van der Waals surface area contributed by atoms with E-state index in [1.807, 2.05) is 30.5 Å². The highest BCUT2D eigenvalue weighted by Gasteiger charge is 2.04. The highest BCUT2D eigenvalue weighted by atomic mass is 32.1. The van der Waals surface area contributed by atoms with E-state index in [0.29, 0.717) is 11.3 Å². The van der Waals surface area contributed by atoms with Gasteiger partial charge >= 0.3 is 0 Å². The molecule has 0 aliphatic rings. The second-order valence-corrected chi connectivity index (χ2v) is 4.07. The molecule has 0 saturated carbocycles. The number of benzene rings is 1. The van der Waals surface area contributed by atoms with Crippen molar-refractivity contribution in [1.29, 1.82) is 5.26 Å². The molecule has 0 atom stereocenters. The number of aromatic nitrogens is 2. The molecule has 0 saturated heterocycles. The summed E-state index contributed by atoms with van der Waals surface area (Å²) in [6.45, 7) is 0. The Labute approximate surface area is 108 Å². The third kappa shape index (κ3) is 1.69. The van der Waals surface area contributed by atoms with E-state index in [-0.39, 0.29) is 4.84 Å². The first-order valence-electron chi connectivity index (χ1n) is 5.26. The fraction of sp³-hybridized carbons (Fsp3) is 0. The van der Waals surface area contributed by atoms with Gasteiger partial charge in [0.15, 0.2) is 0 Å². The maximum Gasteiger partial charge on any atom is 0.288 e. The van der Waals surface area contributed by atoms with Crippen molar-refractivity contribution in [1.82, 2.24) is 9.55 Å². The molecular weight excluding hydrogens is 246 g/mol. The van der Waals surface area contributed by atoms with E-state index in [9.17, 15) is 0 Å². The Morgan fingerprint density at radius 3 is 3.06 bits per heavy atom. The van der Waals surface area contributed by atoms with Crippen LogP contribution in [0.4, 0.5) is 0 Å². The Bertz CT molecular complexity index is 826. The summed E-state index contributed by atoms with van der Waals surface area (Å²) in [4.78, 5) is 4.16. The maximum absolute atomic E-state index is 9.00. The summed E-state index contributed by atoms with van der Waals surface area (Å²) in [7, 11) is 0. The van der Waals surface area contributed by atoms with Crippen LogP contribution < -0.4 is 0 Å². The second kappa shape index (κ2) is 4.09. The number of nitriles is 1. The predicted octanol–water partition coefficient (Wildman–Crippen LogP) is 3.22. The van der Waals surface area contributed by atoms with Crippen LogP contribution in [0.1, 0.15) is 5.69 Å². The molecule has 2 aromatic heterocycles. The molecule has 0 bridgehead atoms. The van der Waals surface area contributed by atoms with E-state index in [0.717, 1.165) is 11.1 Å². The molecule has 18 heavy (non-hydrogen) atoms. The quantitative estimate of drug-likeness (QED) is 0.625. The van der Waals surface area contributed by atoms with Crippen LogP contribution in [0.3, 0.4) is 0 Å². The normalized spacial score (nSPS) is 10.4. The number of hydrogen-bond donors (Lipinski definition) is 0. The van der Waals surface area contributed by atoms with Crippen molar-refractivity contribution in [2.45, 2.75) is 0 Å². The minimum Gasteiger partial charge on any atom is -0.430 e. The third-order valence-corrected chi connectivity index (χ3v) is 2.83. The van der Waals surface area contributed by atoms with Crippen LogP contribution in [0.15, 0.2) is 47.1 Å². The van der Waals surface area contributed by atoms with Gasteiger partial charge in [-0.2, -0.15) is 5.26 Å². The Kier molecular flexibility index (Phi) is 2.43. The van der Waals surface area contributed by atoms with Crippen LogP contribution >= 0.6 is 12.2 Å². The fourth-order valence-corrected chi connectivity index (χ4v) is 1.96. The van der Waals surface area contributed by atoms with Crippen LogP contribution in [0.5, 0.6) is 0 Å². The Balaban J connectivity index is 2.23. The summed E-state index contributed by atoms with van der Waals surface area (Å²) in [5.41, 5.74) is 2.15. The van der Waals surface area contributed by atoms with E-state index >= 15 is 0 Å². The van der Waals surface area contributed by atoms with Crippen molar-refractivity contribution in [2.75, 3.05) is 0 Å². The van der Waals surface area contributed by atoms with Gasteiger partial charge in [0, 0.05) is 23.5 Å². The lowest BCUT2D eigenvalue weighted by Crippen LogP contribution is -1.95. The van der Waals surface area contributed by atoms with E-state index < -0.39 is 0 Å². The van der Waals surface area contributed by atoms with Gasteiger partial charge in [0.25, 0.3) is 4.84 Å². The Hall–Kier alpha value is -2.45. The van der Waals surface area contributed by atoms with Gasteiger partial charge in [0.05, 0.1) is 0 Å². The monoisotopic (exact) mass is 253 g/mol. The van der Waals surface area contributed by atoms with Crippen molar-refractivity contribution in [2.24, 2.45) is 0 Å². The number of rotatable bonds is 1. The maximum atomic E-state index is 9.00. The van der Waals surface area contributed by atoms with Crippen molar-refractivity contribution in [3.05, 3.63) is 53.3 Å². The third-order valence-electron chi connectivity index (χ3n) is 2.64. The average Bonchev–Trinajstić information content (AvgIpc) is 2.86. The summed E-state index contributed by atoms with van der Waals surface area (Å²) in [5, 5.41) is 9.85. The molecule has 0 aliphatic carbocycles. The lowest BCUT2D eigenvalue weighted by atomic mass is 10.2. The van der Waals surface area contributed by atoms with E-state index in [1.54, 1.807) is 16.8 Å². The standard InChI is InChI=1S/C13H7N3OS/c14-7-11-2-1-5-16(11)10-3-4-12-9(6-10)8-15-13(18)17-12/h1-6,8H. The fourth-order valence-electron chi connectivity index (χ4n) is 1.82. The molecule has 3 rings (SSSR count). The van der Waals surface area contributed by atoms with Crippen molar-refractivity contribution >= 4 is 23.2 Å². The first kappa shape index (κ1) is 10.7. The Morgan fingerprint density at radius 2 is 2.22 bits per heavy atom. The molecule has 5 heteroatoms. The first-order chi connectivity index (χ1) is 8.78. The van der Waals surface area contributed by atoms with E-state index in [2.05, 4.69) is 11.1 Å². The molecule has 0 N–H and O–H groups in total. The molecule has 2 heterocycles. The smallest absolute Gasteiger partial charge is 0.288 e.